The number of pyridine rings is 1. The van der Waals surface area contributed by atoms with Crippen molar-refractivity contribution in [1.29, 1.82) is 0 Å². The summed E-state index contributed by atoms with van der Waals surface area (Å²) in [6.07, 6.45) is 7.79. The van der Waals surface area contributed by atoms with Gasteiger partial charge in [-0.2, -0.15) is 0 Å². The zero-order valence-corrected chi connectivity index (χ0v) is 20.2. The molecule has 2 aromatic rings. The van der Waals surface area contributed by atoms with Gasteiger partial charge >= 0.3 is 0 Å². The molecule has 0 bridgehead atoms. The molecule has 2 fully saturated rings. The fraction of sp³-hybridized carbons (Fsp3) is 0.423. The molecule has 1 saturated carbocycles. The van der Waals surface area contributed by atoms with Crippen molar-refractivity contribution in [2.24, 2.45) is 5.92 Å². The van der Waals surface area contributed by atoms with E-state index >= 15 is 0 Å². The lowest BCUT2D eigenvalue weighted by Crippen LogP contribution is -2.57. The molecule has 4 rings (SSSR count). The van der Waals surface area contributed by atoms with Crippen molar-refractivity contribution in [2.75, 3.05) is 5.32 Å². The number of nitrogens with one attached hydrogen (secondary N) is 2. The summed E-state index contributed by atoms with van der Waals surface area (Å²) in [4.78, 5) is 32.0. The number of hydrogen-bond acceptors (Lipinski definition) is 4. The van der Waals surface area contributed by atoms with E-state index in [0.29, 0.717) is 28.0 Å². The lowest BCUT2D eigenvalue weighted by molar-refractivity contribution is -0.137. The van der Waals surface area contributed by atoms with Gasteiger partial charge in [0.2, 0.25) is 5.91 Å². The van der Waals surface area contributed by atoms with Crippen LogP contribution in [0.15, 0.2) is 49.1 Å². The first kappa shape index (κ1) is 23.3. The Morgan fingerprint density at radius 2 is 2.12 bits per heavy atom. The van der Waals surface area contributed by atoms with Crippen LogP contribution >= 0.6 is 11.6 Å². The molecular weight excluding hydrogens is 436 g/mol. The molecule has 1 aliphatic carbocycles. The first-order valence-electron chi connectivity index (χ1n) is 11.5. The van der Waals surface area contributed by atoms with Crippen molar-refractivity contribution < 1.29 is 9.59 Å². The van der Waals surface area contributed by atoms with Crippen molar-refractivity contribution in [2.45, 2.75) is 64.5 Å². The molecule has 6 nitrogen and oxygen atoms in total. The number of benzene rings is 1. The zero-order chi connectivity index (χ0) is 23.8. The molecule has 1 aromatic heterocycles. The highest BCUT2D eigenvalue weighted by Gasteiger charge is 2.42. The van der Waals surface area contributed by atoms with Crippen molar-refractivity contribution in [3.63, 3.8) is 0 Å². The summed E-state index contributed by atoms with van der Waals surface area (Å²) in [5.41, 5.74) is 1.83. The van der Waals surface area contributed by atoms with E-state index in [4.69, 9.17) is 11.6 Å². The molecule has 7 heteroatoms. The van der Waals surface area contributed by atoms with Crippen LogP contribution in [0, 0.1) is 12.8 Å². The number of aryl methyl sites for hydroxylation is 1. The average molecular weight is 467 g/mol. The third-order valence-corrected chi connectivity index (χ3v) is 7.29. The maximum absolute atomic E-state index is 13.3. The Hall–Kier alpha value is -2.86. The topological polar surface area (TPSA) is 74.3 Å². The maximum Gasteiger partial charge on any atom is 0.257 e. The summed E-state index contributed by atoms with van der Waals surface area (Å²) in [6.45, 7) is 10.2. The smallest absolute Gasteiger partial charge is 0.257 e. The van der Waals surface area contributed by atoms with E-state index < -0.39 is 5.54 Å². The highest BCUT2D eigenvalue weighted by molar-refractivity contribution is 6.34. The highest BCUT2D eigenvalue weighted by Crippen LogP contribution is 2.40. The van der Waals surface area contributed by atoms with Gasteiger partial charge in [0.05, 0.1) is 28.2 Å². The SMILES string of the molecule is C=C1NC(C)(c2cccc(NC(=O)c3cnccc3C)c2Cl)CC(=O)N1C1CCCC(C)C1. The molecule has 2 amide bonds. The summed E-state index contributed by atoms with van der Waals surface area (Å²) in [5, 5.41) is 6.77. The number of hydrogen-bond donors (Lipinski definition) is 2. The van der Waals surface area contributed by atoms with Crippen LogP contribution < -0.4 is 10.6 Å². The quantitative estimate of drug-likeness (QED) is 0.634. The number of anilines is 1. The van der Waals surface area contributed by atoms with E-state index in [1.54, 1.807) is 18.3 Å². The Bertz CT molecular complexity index is 1080. The average Bonchev–Trinajstić information content (AvgIpc) is 2.75. The third kappa shape index (κ3) is 4.62. The van der Waals surface area contributed by atoms with Crippen LogP contribution in [0.4, 0.5) is 5.69 Å². The molecule has 0 spiro atoms. The van der Waals surface area contributed by atoms with Crippen LogP contribution in [-0.4, -0.2) is 27.7 Å². The summed E-state index contributed by atoms with van der Waals surface area (Å²) < 4.78 is 0. The first-order chi connectivity index (χ1) is 15.7. The second-order valence-electron chi connectivity index (χ2n) is 9.58. The molecule has 1 aromatic carbocycles. The van der Waals surface area contributed by atoms with Crippen LogP contribution in [0.25, 0.3) is 0 Å². The monoisotopic (exact) mass is 466 g/mol. The van der Waals surface area contributed by atoms with Gasteiger partial charge in [0.1, 0.15) is 5.82 Å². The minimum absolute atomic E-state index is 0.0526. The Labute approximate surface area is 200 Å². The molecule has 3 atom stereocenters. The van der Waals surface area contributed by atoms with Gasteiger partial charge < -0.3 is 10.6 Å². The third-order valence-electron chi connectivity index (χ3n) is 6.88. The summed E-state index contributed by atoms with van der Waals surface area (Å²) in [5.74, 6) is 0.997. The van der Waals surface area contributed by atoms with E-state index in [0.717, 1.165) is 30.4 Å². The van der Waals surface area contributed by atoms with Gasteiger partial charge in [-0.1, -0.05) is 50.1 Å². The predicted molar refractivity (Wildman–Crippen MR) is 131 cm³/mol. The molecule has 33 heavy (non-hydrogen) atoms. The van der Waals surface area contributed by atoms with E-state index in [9.17, 15) is 9.59 Å². The molecule has 2 N–H and O–H groups in total. The van der Waals surface area contributed by atoms with Gasteiger partial charge in [-0.25, -0.2) is 0 Å². The molecule has 3 unspecified atom stereocenters. The molecule has 2 aliphatic rings. The predicted octanol–water partition coefficient (Wildman–Crippen LogP) is 5.38. The van der Waals surface area contributed by atoms with Crippen LogP contribution in [0.1, 0.15) is 67.4 Å². The molecule has 174 valence electrons. The van der Waals surface area contributed by atoms with Gasteiger partial charge in [-0.05, 0) is 55.9 Å². The Morgan fingerprint density at radius 3 is 2.82 bits per heavy atom. The van der Waals surface area contributed by atoms with Gasteiger partial charge in [-0.3, -0.25) is 19.5 Å². The fourth-order valence-electron chi connectivity index (χ4n) is 5.13. The lowest BCUT2D eigenvalue weighted by Gasteiger charge is -2.47. The Balaban J connectivity index is 1.57. The van der Waals surface area contributed by atoms with E-state index in [2.05, 4.69) is 29.1 Å². The number of amides is 2. The number of halogens is 1. The second kappa shape index (κ2) is 9.18. The Kier molecular flexibility index (Phi) is 6.48. The summed E-state index contributed by atoms with van der Waals surface area (Å²) >= 11 is 6.78. The number of nitrogens with zero attached hydrogens (tertiary/aromatic N) is 2. The fourth-order valence-corrected chi connectivity index (χ4v) is 5.51. The number of rotatable bonds is 4. The van der Waals surface area contributed by atoms with Crippen molar-refractivity contribution in [3.05, 3.63) is 70.8 Å². The van der Waals surface area contributed by atoms with Crippen LogP contribution in [0.3, 0.4) is 0 Å². The highest BCUT2D eigenvalue weighted by atomic mass is 35.5. The van der Waals surface area contributed by atoms with Crippen molar-refractivity contribution in [1.82, 2.24) is 15.2 Å². The van der Waals surface area contributed by atoms with Gasteiger partial charge in [0, 0.05) is 18.4 Å². The van der Waals surface area contributed by atoms with Crippen LogP contribution in [0.2, 0.25) is 5.02 Å². The normalized spacial score (nSPS) is 25.5. The van der Waals surface area contributed by atoms with Crippen LogP contribution in [-0.2, 0) is 10.3 Å². The largest absolute Gasteiger partial charge is 0.362 e. The summed E-state index contributed by atoms with van der Waals surface area (Å²) in [7, 11) is 0. The molecule has 2 heterocycles. The minimum atomic E-state index is -0.729. The number of carbonyl (C=O) groups excluding carboxylic acids is 2. The minimum Gasteiger partial charge on any atom is -0.362 e. The van der Waals surface area contributed by atoms with Crippen molar-refractivity contribution in [3.8, 4) is 0 Å². The van der Waals surface area contributed by atoms with Gasteiger partial charge in [0.25, 0.3) is 5.91 Å². The molecule has 0 radical (unpaired) electrons. The summed E-state index contributed by atoms with van der Waals surface area (Å²) in [6, 6.07) is 7.46. The van der Waals surface area contributed by atoms with Crippen LogP contribution in [0.5, 0.6) is 0 Å². The van der Waals surface area contributed by atoms with E-state index in [-0.39, 0.29) is 24.3 Å². The van der Waals surface area contributed by atoms with E-state index in [1.807, 2.05) is 30.9 Å². The zero-order valence-electron chi connectivity index (χ0n) is 19.5. The Morgan fingerprint density at radius 1 is 1.33 bits per heavy atom. The maximum atomic E-state index is 13.3. The van der Waals surface area contributed by atoms with Crippen molar-refractivity contribution >= 4 is 29.1 Å². The van der Waals surface area contributed by atoms with Gasteiger partial charge in [-0.15, -0.1) is 0 Å². The standard InChI is InChI=1S/C26H31ClN4O2/c1-16-7-5-8-19(13-16)31-18(3)30-26(4,14-23(31)32)21-9-6-10-22(24(21)27)29-25(33)20-15-28-12-11-17(20)2/h6,9-12,15-16,19,30H,3,5,7-8,13-14H2,1-2,4H3,(H,29,33). The molecular formula is C26H31ClN4O2. The van der Waals surface area contributed by atoms with Gasteiger partial charge in [0.15, 0.2) is 0 Å². The first-order valence-corrected chi connectivity index (χ1v) is 11.9. The number of aromatic nitrogens is 1. The second-order valence-corrected chi connectivity index (χ2v) is 9.96. The lowest BCUT2D eigenvalue weighted by atomic mass is 9.82. The van der Waals surface area contributed by atoms with E-state index in [1.165, 1.54) is 12.6 Å². The molecule has 1 saturated heterocycles. The number of carbonyl (C=O) groups is 2. The molecule has 1 aliphatic heterocycles.